The third-order valence-corrected chi connectivity index (χ3v) is 3.30. The molecule has 14 heavy (non-hydrogen) atoms. The molecule has 2 aromatic carbocycles. The molecule has 3 rings (SSSR count). The highest BCUT2D eigenvalue weighted by Crippen LogP contribution is 2.43. The number of hydrogen-bond donors (Lipinski definition) is 1. The van der Waals surface area contributed by atoms with E-state index >= 15 is 0 Å². The quantitative estimate of drug-likeness (QED) is 0.591. The van der Waals surface area contributed by atoms with Crippen molar-refractivity contribution in [3.8, 4) is 0 Å². The Hall–Kier alpha value is -1.41. The lowest BCUT2D eigenvalue weighted by molar-refractivity contribution is 1.31. The van der Waals surface area contributed by atoms with Crippen LogP contribution in [0, 0.1) is 6.07 Å². The van der Waals surface area contributed by atoms with Crippen molar-refractivity contribution in [2.24, 2.45) is 0 Å². The molecule has 0 fully saturated rings. The summed E-state index contributed by atoms with van der Waals surface area (Å²) in [6.07, 6.45) is 0. The summed E-state index contributed by atoms with van der Waals surface area (Å²) in [7, 11) is 0. The first kappa shape index (κ1) is 7.94. The van der Waals surface area contributed by atoms with Crippen LogP contribution in [0.2, 0.25) is 0 Å². The van der Waals surface area contributed by atoms with Gasteiger partial charge in [0, 0.05) is 9.79 Å². The van der Waals surface area contributed by atoms with Crippen LogP contribution >= 0.6 is 11.8 Å². The molecule has 1 aliphatic rings. The highest BCUT2D eigenvalue weighted by atomic mass is 32.2. The molecule has 2 aromatic rings. The van der Waals surface area contributed by atoms with Crippen LogP contribution in [0.15, 0.2) is 52.3 Å². The van der Waals surface area contributed by atoms with Crippen molar-refractivity contribution in [2.75, 3.05) is 5.32 Å². The Balaban J connectivity index is 2.12. The maximum atomic E-state index is 3.39. The topological polar surface area (TPSA) is 12.0 Å². The van der Waals surface area contributed by atoms with Crippen LogP contribution in [0.5, 0.6) is 0 Å². The number of para-hydroxylation sites is 1. The number of anilines is 2. The van der Waals surface area contributed by atoms with Crippen molar-refractivity contribution >= 4 is 23.1 Å². The smallest absolute Gasteiger partial charge is 0.0532 e. The highest BCUT2D eigenvalue weighted by Gasteiger charge is 2.13. The molecule has 67 valence electrons. The molecular formula is C12H8NS. The standard InChI is InChI=1S/C12H8NS/c1-3-7-11-9(5-1)13-10-6-2-4-8-12(10)14-11/h1-7,13H. The van der Waals surface area contributed by atoms with Gasteiger partial charge in [-0.3, -0.25) is 0 Å². The first-order valence-electron chi connectivity index (χ1n) is 4.48. The average molecular weight is 198 g/mol. The molecule has 1 N–H and O–H groups in total. The summed E-state index contributed by atoms with van der Waals surface area (Å²) in [4.78, 5) is 2.44. The third kappa shape index (κ3) is 1.19. The highest BCUT2D eigenvalue weighted by molar-refractivity contribution is 7.99. The van der Waals surface area contributed by atoms with Gasteiger partial charge in [-0.05, 0) is 24.3 Å². The van der Waals surface area contributed by atoms with Crippen molar-refractivity contribution in [3.05, 3.63) is 48.5 Å². The van der Waals surface area contributed by atoms with Crippen molar-refractivity contribution in [1.29, 1.82) is 0 Å². The SMILES string of the molecule is [c]1cccc2c1Sc1ccccc1N2. The molecule has 0 aliphatic carbocycles. The molecule has 1 nitrogen and oxygen atoms in total. The largest absolute Gasteiger partial charge is 0.354 e. The molecular weight excluding hydrogens is 190 g/mol. The van der Waals surface area contributed by atoms with Gasteiger partial charge in [0.15, 0.2) is 0 Å². The van der Waals surface area contributed by atoms with Crippen LogP contribution in [0.3, 0.4) is 0 Å². The second-order valence-electron chi connectivity index (χ2n) is 3.14. The molecule has 2 heteroatoms. The van der Waals surface area contributed by atoms with Gasteiger partial charge in [-0.1, -0.05) is 36.0 Å². The Morgan fingerprint density at radius 1 is 1.00 bits per heavy atom. The van der Waals surface area contributed by atoms with Gasteiger partial charge < -0.3 is 5.32 Å². The Bertz CT molecular complexity index is 392. The van der Waals surface area contributed by atoms with E-state index < -0.39 is 0 Å². The predicted octanol–water partition coefficient (Wildman–Crippen LogP) is 3.69. The summed E-state index contributed by atoms with van der Waals surface area (Å²) in [5.41, 5.74) is 2.33. The van der Waals surface area contributed by atoms with Crippen molar-refractivity contribution in [3.63, 3.8) is 0 Å². The summed E-state index contributed by atoms with van der Waals surface area (Å²) in [5, 5.41) is 3.39. The summed E-state index contributed by atoms with van der Waals surface area (Å²) >= 11 is 1.76. The zero-order valence-electron chi connectivity index (χ0n) is 7.45. The van der Waals surface area contributed by atoms with Gasteiger partial charge >= 0.3 is 0 Å². The van der Waals surface area contributed by atoms with Crippen LogP contribution in [-0.4, -0.2) is 0 Å². The predicted molar refractivity (Wildman–Crippen MR) is 59.1 cm³/mol. The van der Waals surface area contributed by atoms with Gasteiger partial charge in [0.25, 0.3) is 0 Å². The normalized spacial score (nSPS) is 12.6. The second kappa shape index (κ2) is 3.07. The number of benzene rings is 2. The zero-order valence-corrected chi connectivity index (χ0v) is 8.27. The Morgan fingerprint density at radius 3 is 2.86 bits per heavy atom. The molecule has 0 spiro atoms. The lowest BCUT2D eigenvalue weighted by Crippen LogP contribution is -1.98. The maximum absolute atomic E-state index is 3.39. The lowest BCUT2D eigenvalue weighted by atomic mass is 10.2. The zero-order chi connectivity index (χ0) is 9.38. The van der Waals surface area contributed by atoms with Gasteiger partial charge in [0.05, 0.1) is 11.4 Å². The Kier molecular flexibility index (Phi) is 1.74. The summed E-state index contributed by atoms with van der Waals surface area (Å²) in [6.45, 7) is 0. The van der Waals surface area contributed by atoms with Crippen LogP contribution in [-0.2, 0) is 0 Å². The van der Waals surface area contributed by atoms with Crippen molar-refractivity contribution in [1.82, 2.24) is 0 Å². The number of rotatable bonds is 0. The number of hydrogen-bond acceptors (Lipinski definition) is 2. The molecule has 1 radical (unpaired) electrons. The lowest BCUT2D eigenvalue weighted by Gasteiger charge is -2.19. The van der Waals surface area contributed by atoms with E-state index in [4.69, 9.17) is 0 Å². The molecule has 0 unspecified atom stereocenters. The molecule has 0 saturated carbocycles. The van der Waals surface area contributed by atoms with E-state index in [1.807, 2.05) is 18.2 Å². The first-order chi connectivity index (χ1) is 6.93. The van der Waals surface area contributed by atoms with Crippen LogP contribution in [0.1, 0.15) is 0 Å². The van der Waals surface area contributed by atoms with E-state index in [-0.39, 0.29) is 0 Å². The molecule has 0 aromatic heterocycles. The minimum atomic E-state index is 1.15. The number of fused-ring (bicyclic) bond motifs is 2. The fourth-order valence-corrected chi connectivity index (χ4v) is 2.47. The van der Waals surface area contributed by atoms with Crippen molar-refractivity contribution in [2.45, 2.75) is 9.79 Å². The van der Waals surface area contributed by atoms with E-state index in [2.05, 4.69) is 35.6 Å². The molecule has 0 atom stereocenters. The van der Waals surface area contributed by atoms with E-state index in [9.17, 15) is 0 Å². The van der Waals surface area contributed by atoms with Crippen LogP contribution < -0.4 is 5.32 Å². The average Bonchev–Trinajstić information content (AvgIpc) is 2.26. The molecule has 0 bridgehead atoms. The van der Waals surface area contributed by atoms with Crippen LogP contribution in [0.25, 0.3) is 0 Å². The fraction of sp³-hybridized carbons (Fsp3) is 0. The van der Waals surface area contributed by atoms with E-state index in [1.165, 1.54) is 15.5 Å². The van der Waals surface area contributed by atoms with E-state index in [1.54, 1.807) is 11.8 Å². The minimum absolute atomic E-state index is 1.15. The van der Waals surface area contributed by atoms with Gasteiger partial charge in [-0.2, -0.15) is 0 Å². The molecule has 1 aliphatic heterocycles. The van der Waals surface area contributed by atoms with E-state index in [0.717, 1.165) is 5.69 Å². The summed E-state index contributed by atoms with van der Waals surface area (Å²) < 4.78 is 0. The van der Waals surface area contributed by atoms with Crippen LogP contribution in [0.4, 0.5) is 11.4 Å². The third-order valence-electron chi connectivity index (χ3n) is 2.19. The van der Waals surface area contributed by atoms with E-state index in [0.29, 0.717) is 0 Å². The monoisotopic (exact) mass is 198 g/mol. The second-order valence-corrected chi connectivity index (χ2v) is 4.19. The Morgan fingerprint density at radius 2 is 1.86 bits per heavy atom. The Labute approximate surface area is 87.2 Å². The minimum Gasteiger partial charge on any atom is -0.354 e. The number of nitrogens with one attached hydrogen (secondary N) is 1. The van der Waals surface area contributed by atoms with Crippen molar-refractivity contribution < 1.29 is 0 Å². The molecule has 0 saturated heterocycles. The van der Waals surface area contributed by atoms with Gasteiger partial charge in [0.1, 0.15) is 0 Å². The molecule has 0 amide bonds. The maximum Gasteiger partial charge on any atom is 0.0532 e. The van der Waals surface area contributed by atoms with Gasteiger partial charge in [-0.15, -0.1) is 0 Å². The summed E-state index contributed by atoms with van der Waals surface area (Å²) in [6, 6.07) is 17.6. The molecule has 1 heterocycles. The fourth-order valence-electron chi connectivity index (χ4n) is 1.52. The first-order valence-corrected chi connectivity index (χ1v) is 5.30. The van der Waals surface area contributed by atoms with Gasteiger partial charge in [-0.25, -0.2) is 0 Å². The summed E-state index contributed by atoms with van der Waals surface area (Å²) in [5.74, 6) is 0. The van der Waals surface area contributed by atoms with Gasteiger partial charge in [0.2, 0.25) is 0 Å².